The Morgan fingerprint density at radius 2 is 1.78 bits per heavy atom. The van der Waals surface area contributed by atoms with Gasteiger partial charge >= 0.3 is 0 Å². The lowest BCUT2D eigenvalue weighted by molar-refractivity contribution is 0.327. The summed E-state index contributed by atoms with van der Waals surface area (Å²) >= 11 is 0. The van der Waals surface area contributed by atoms with E-state index in [9.17, 15) is 8.78 Å². The minimum absolute atomic E-state index is 0.0272. The Morgan fingerprint density at radius 1 is 1.22 bits per heavy atom. The minimum Gasteiger partial charge on any atom is -0.369 e. The van der Waals surface area contributed by atoms with Crippen LogP contribution in [0.4, 0.5) is 14.5 Å². The molecular weight excluding hydrogens is 234 g/mol. The van der Waals surface area contributed by atoms with E-state index in [0.29, 0.717) is 0 Å². The molecular formula is C14H18F2N2. The number of nitrogens with zero attached hydrogens (tertiary/aromatic N) is 2. The molecule has 0 aliphatic heterocycles. The zero-order chi connectivity index (χ0) is 14.1. The molecule has 1 rings (SSSR count). The van der Waals surface area contributed by atoms with Gasteiger partial charge in [-0.05, 0) is 24.5 Å². The molecule has 0 bridgehead atoms. The summed E-state index contributed by atoms with van der Waals surface area (Å²) in [5.41, 5.74) is -0.159. The third kappa shape index (κ3) is 2.61. The molecule has 0 spiro atoms. The average molecular weight is 252 g/mol. The van der Waals surface area contributed by atoms with Gasteiger partial charge in [0.1, 0.15) is 6.07 Å². The summed E-state index contributed by atoms with van der Waals surface area (Å²) in [5.74, 6) is -2.05. The van der Waals surface area contributed by atoms with Gasteiger partial charge in [-0.25, -0.2) is 8.78 Å². The van der Waals surface area contributed by atoms with Crippen LogP contribution >= 0.6 is 0 Å². The van der Waals surface area contributed by atoms with Crippen LogP contribution in [0.15, 0.2) is 12.1 Å². The predicted molar refractivity (Wildman–Crippen MR) is 68.4 cm³/mol. The maximum atomic E-state index is 13.9. The highest BCUT2D eigenvalue weighted by atomic mass is 19.2. The van der Waals surface area contributed by atoms with Gasteiger partial charge in [-0.15, -0.1) is 0 Å². The molecule has 18 heavy (non-hydrogen) atoms. The van der Waals surface area contributed by atoms with Crippen LogP contribution in [0.1, 0.15) is 33.3 Å². The Morgan fingerprint density at radius 3 is 2.22 bits per heavy atom. The Balaban J connectivity index is 3.20. The van der Waals surface area contributed by atoms with Crippen molar-refractivity contribution in [1.82, 2.24) is 0 Å². The third-order valence-corrected chi connectivity index (χ3v) is 3.40. The molecule has 0 N–H and O–H groups in total. The van der Waals surface area contributed by atoms with Crippen molar-refractivity contribution >= 4 is 5.69 Å². The van der Waals surface area contributed by atoms with E-state index in [1.54, 1.807) is 18.0 Å². The fourth-order valence-electron chi connectivity index (χ4n) is 1.69. The zero-order valence-corrected chi connectivity index (χ0v) is 11.4. The molecule has 0 fully saturated rings. The van der Waals surface area contributed by atoms with Crippen LogP contribution in [-0.4, -0.2) is 13.1 Å². The first-order valence-corrected chi connectivity index (χ1v) is 5.81. The molecule has 98 valence electrons. The highest BCUT2D eigenvalue weighted by molar-refractivity contribution is 5.52. The van der Waals surface area contributed by atoms with E-state index in [1.807, 2.05) is 27.7 Å². The van der Waals surface area contributed by atoms with E-state index in [-0.39, 0.29) is 22.7 Å². The molecule has 1 atom stereocenters. The Kier molecular flexibility index (Phi) is 3.95. The quantitative estimate of drug-likeness (QED) is 0.802. The van der Waals surface area contributed by atoms with E-state index in [1.165, 1.54) is 12.1 Å². The van der Waals surface area contributed by atoms with Gasteiger partial charge < -0.3 is 4.90 Å². The number of hydrogen-bond donors (Lipinski definition) is 0. The SMILES string of the molecule is CC(N(C)c1ccc(C#N)c(F)c1F)C(C)(C)C. The van der Waals surface area contributed by atoms with Crippen LogP contribution in [0.5, 0.6) is 0 Å². The second-order valence-corrected chi connectivity index (χ2v) is 5.52. The maximum absolute atomic E-state index is 13.9. The molecule has 0 aliphatic carbocycles. The highest BCUT2D eigenvalue weighted by Crippen LogP contribution is 2.30. The number of nitriles is 1. The van der Waals surface area contributed by atoms with Crippen molar-refractivity contribution in [1.29, 1.82) is 5.26 Å². The lowest BCUT2D eigenvalue weighted by Gasteiger charge is -2.37. The van der Waals surface area contributed by atoms with Crippen LogP contribution in [0.2, 0.25) is 0 Å². The topological polar surface area (TPSA) is 27.0 Å². The molecule has 0 amide bonds. The lowest BCUT2D eigenvalue weighted by Crippen LogP contribution is -2.39. The van der Waals surface area contributed by atoms with E-state index >= 15 is 0 Å². The van der Waals surface area contributed by atoms with Gasteiger partial charge in [-0.1, -0.05) is 20.8 Å². The van der Waals surface area contributed by atoms with E-state index in [0.717, 1.165) is 0 Å². The number of hydrogen-bond acceptors (Lipinski definition) is 2. The van der Waals surface area contributed by atoms with Gasteiger partial charge in [0, 0.05) is 13.1 Å². The van der Waals surface area contributed by atoms with Crippen molar-refractivity contribution in [2.45, 2.75) is 33.7 Å². The van der Waals surface area contributed by atoms with Crippen molar-refractivity contribution in [3.05, 3.63) is 29.3 Å². The zero-order valence-electron chi connectivity index (χ0n) is 11.4. The van der Waals surface area contributed by atoms with Crippen molar-refractivity contribution in [3.8, 4) is 6.07 Å². The molecule has 4 heteroatoms. The number of anilines is 1. The van der Waals surface area contributed by atoms with Gasteiger partial charge in [0.15, 0.2) is 11.6 Å². The van der Waals surface area contributed by atoms with Crippen molar-refractivity contribution in [3.63, 3.8) is 0 Å². The summed E-state index contributed by atoms with van der Waals surface area (Å²) in [6.45, 7) is 8.06. The second kappa shape index (κ2) is 4.93. The standard InChI is InChI=1S/C14H18F2N2/c1-9(14(2,3)4)18(5)11-7-6-10(8-17)12(15)13(11)16/h6-7,9H,1-5H3. The maximum Gasteiger partial charge on any atom is 0.183 e. The van der Waals surface area contributed by atoms with Crippen LogP contribution in [0.25, 0.3) is 0 Å². The van der Waals surface area contributed by atoms with E-state index < -0.39 is 11.6 Å². The van der Waals surface area contributed by atoms with Gasteiger partial charge in [-0.2, -0.15) is 5.26 Å². The molecule has 0 radical (unpaired) electrons. The van der Waals surface area contributed by atoms with E-state index in [4.69, 9.17) is 5.26 Å². The molecule has 2 nitrogen and oxygen atoms in total. The molecule has 1 aromatic carbocycles. The van der Waals surface area contributed by atoms with Crippen molar-refractivity contribution in [2.24, 2.45) is 5.41 Å². The summed E-state index contributed by atoms with van der Waals surface area (Å²) in [5, 5.41) is 8.64. The molecule has 0 aromatic heterocycles. The van der Waals surface area contributed by atoms with Crippen LogP contribution in [0.3, 0.4) is 0 Å². The van der Waals surface area contributed by atoms with Gasteiger partial charge in [0.2, 0.25) is 0 Å². The highest BCUT2D eigenvalue weighted by Gasteiger charge is 2.27. The number of rotatable bonds is 2. The average Bonchev–Trinajstić information content (AvgIpc) is 2.29. The van der Waals surface area contributed by atoms with Crippen molar-refractivity contribution < 1.29 is 8.78 Å². The molecule has 0 aliphatic rings. The fraction of sp³-hybridized carbons (Fsp3) is 0.500. The predicted octanol–water partition coefficient (Wildman–Crippen LogP) is 3.71. The summed E-state index contributed by atoms with van der Waals surface area (Å²) in [6, 6.07) is 4.40. The van der Waals surface area contributed by atoms with Crippen LogP contribution < -0.4 is 4.90 Å². The first kappa shape index (κ1) is 14.4. The van der Waals surface area contributed by atoms with Gasteiger partial charge in [-0.3, -0.25) is 0 Å². The van der Waals surface area contributed by atoms with Gasteiger partial charge in [0.05, 0.1) is 11.3 Å². The summed E-state index contributed by atoms with van der Waals surface area (Å²) in [6.07, 6.45) is 0. The lowest BCUT2D eigenvalue weighted by atomic mass is 9.87. The van der Waals surface area contributed by atoms with Crippen molar-refractivity contribution in [2.75, 3.05) is 11.9 Å². The third-order valence-electron chi connectivity index (χ3n) is 3.40. The fourth-order valence-corrected chi connectivity index (χ4v) is 1.69. The summed E-state index contributed by atoms with van der Waals surface area (Å²) in [7, 11) is 1.72. The first-order chi connectivity index (χ1) is 8.20. The largest absolute Gasteiger partial charge is 0.369 e. The van der Waals surface area contributed by atoms with E-state index in [2.05, 4.69) is 0 Å². The summed E-state index contributed by atoms with van der Waals surface area (Å²) < 4.78 is 27.4. The van der Waals surface area contributed by atoms with Gasteiger partial charge in [0.25, 0.3) is 0 Å². The second-order valence-electron chi connectivity index (χ2n) is 5.52. The summed E-state index contributed by atoms with van der Waals surface area (Å²) in [4.78, 5) is 1.69. The Hall–Kier alpha value is -1.63. The number of benzene rings is 1. The molecule has 0 saturated heterocycles. The molecule has 1 aromatic rings. The molecule has 0 saturated carbocycles. The van der Waals surface area contributed by atoms with Crippen LogP contribution in [0, 0.1) is 28.4 Å². The monoisotopic (exact) mass is 252 g/mol. The minimum atomic E-state index is -1.08. The first-order valence-electron chi connectivity index (χ1n) is 5.81. The Bertz CT molecular complexity index is 484. The molecule has 0 heterocycles. The van der Waals surface area contributed by atoms with Crippen LogP contribution in [-0.2, 0) is 0 Å². The normalized spacial score (nSPS) is 13.0. The number of halogens is 2. The smallest absolute Gasteiger partial charge is 0.183 e. The Labute approximate surface area is 107 Å². The molecule has 1 unspecified atom stereocenters.